The highest BCUT2D eigenvalue weighted by Gasteiger charge is 2.67. The summed E-state index contributed by atoms with van der Waals surface area (Å²) in [5, 5.41) is 11.8. The Kier molecular flexibility index (Phi) is 5.22. The third-order valence-electron chi connectivity index (χ3n) is 3.85. The molecule has 5 nitrogen and oxygen atoms in total. The Labute approximate surface area is 150 Å². The summed E-state index contributed by atoms with van der Waals surface area (Å²) in [6.45, 7) is 3.57. The molecule has 7 heteroatoms. The van der Waals surface area contributed by atoms with Crippen LogP contribution in [0, 0.1) is 16.7 Å². The molecule has 1 amide bonds. The maximum absolute atomic E-state index is 12.2. The molecule has 24 heavy (non-hydrogen) atoms. The SMILES string of the molecule is CCOC(=O)/C(C#N)=C\c1ccc(NC(=O)[C@@]2(C)CC2(Cl)Cl)cc1. The molecular formula is C17H16Cl2N2O3. The molecule has 0 bridgehead atoms. The Morgan fingerprint density at radius 3 is 2.42 bits per heavy atom. The molecule has 0 saturated heterocycles. The molecular weight excluding hydrogens is 351 g/mol. The smallest absolute Gasteiger partial charge is 0.348 e. The van der Waals surface area contributed by atoms with Crippen LogP contribution in [-0.4, -0.2) is 22.8 Å². The van der Waals surface area contributed by atoms with Crippen LogP contribution in [0.15, 0.2) is 29.8 Å². The standard InChI is InChI=1S/C17H16Cl2N2O3/c1-3-24-14(22)12(9-20)8-11-4-6-13(7-5-11)21-15(23)16(2)10-17(16,18)19/h4-8H,3,10H2,1-2H3,(H,21,23)/b12-8-/t16-/m1/s1. The van der Waals surface area contributed by atoms with E-state index in [1.54, 1.807) is 44.2 Å². The number of alkyl halides is 2. The zero-order valence-corrected chi connectivity index (χ0v) is 14.7. The first-order valence-corrected chi connectivity index (χ1v) is 8.07. The summed E-state index contributed by atoms with van der Waals surface area (Å²) in [5.74, 6) is -0.917. The highest BCUT2D eigenvalue weighted by Crippen LogP contribution is 2.64. The van der Waals surface area contributed by atoms with Crippen molar-refractivity contribution >= 4 is 46.8 Å². The van der Waals surface area contributed by atoms with Gasteiger partial charge in [0.1, 0.15) is 16.0 Å². The van der Waals surface area contributed by atoms with Gasteiger partial charge in [0.05, 0.1) is 12.0 Å². The van der Waals surface area contributed by atoms with Crippen LogP contribution in [-0.2, 0) is 14.3 Å². The fourth-order valence-corrected chi connectivity index (χ4v) is 2.80. The van der Waals surface area contributed by atoms with Gasteiger partial charge < -0.3 is 10.1 Å². The number of ether oxygens (including phenoxy) is 1. The molecule has 0 heterocycles. The number of carbonyl (C=O) groups is 2. The van der Waals surface area contributed by atoms with E-state index in [1.165, 1.54) is 6.08 Å². The second-order valence-corrected chi connectivity index (χ2v) is 7.16. The molecule has 0 radical (unpaired) electrons. The van der Waals surface area contributed by atoms with Gasteiger partial charge in [-0.3, -0.25) is 4.79 Å². The lowest BCUT2D eigenvalue weighted by molar-refractivity contribution is -0.137. The van der Waals surface area contributed by atoms with Crippen molar-refractivity contribution in [2.24, 2.45) is 5.41 Å². The van der Waals surface area contributed by atoms with E-state index in [0.29, 0.717) is 17.7 Å². The Hall–Kier alpha value is -2.03. The number of nitrogens with zero attached hydrogens (tertiary/aromatic N) is 1. The first-order valence-electron chi connectivity index (χ1n) is 7.32. The van der Waals surface area contributed by atoms with Gasteiger partial charge in [-0.1, -0.05) is 12.1 Å². The number of nitriles is 1. The zero-order chi connectivity index (χ0) is 18.0. The van der Waals surface area contributed by atoms with E-state index in [4.69, 9.17) is 33.2 Å². The lowest BCUT2D eigenvalue weighted by atomic mass is 10.1. The van der Waals surface area contributed by atoms with Crippen LogP contribution in [0.25, 0.3) is 6.08 Å². The third-order valence-corrected chi connectivity index (χ3v) is 4.96. The van der Waals surface area contributed by atoms with Crippen molar-refractivity contribution in [1.29, 1.82) is 5.26 Å². The summed E-state index contributed by atoms with van der Waals surface area (Å²) in [5.41, 5.74) is 0.323. The van der Waals surface area contributed by atoms with Crippen molar-refractivity contribution in [3.8, 4) is 6.07 Å². The second kappa shape index (κ2) is 6.84. The average Bonchev–Trinajstić information content (AvgIpc) is 3.06. The van der Waals surface area contributed by atoms with E-state index in [1.807, 2.05) is 0 Å². The first kappa shape index (κ1) is 18.3. The van der Waals surface area contributed by atoms with E-state index >= 15 is 0 Å². The summed E-state index contributed by atoms with van der Waals surface area (Å²) in [7, 11) is 0. The van der Waals surface area contributed by atoms with Gasteiger partial charge in [-0.15, -0.1) is 23.2 Å². The predicted octanol–water partition coefficient (Wildman–Crippen LogP) is 3.68. The van der Waals surface area contributed by atoms with Crippen molar-refractivity contribution < 1.29 is 14.3 Å². The molecule has 1 aliphatic carbocycles. The molecule has 0 aromatic heterocycles. The molecule has 1 saturated carbocycles. The van der Waals surface area contributed by atoms with Crippen LogP contribution in [0.3, 0.4) is 0 Å². The van der Waals surface area contributed by atoms with Gasteiger partial charge in [0.2, 0.25) is 5.91 Å². The highest BCUT2D eigenvalue weighted by atomic mass is 35.5. The maximum atomic E-state index is 12.2. The van der Waals surface area contributed by atoms with E-state index < -0.39 is 15.7 Å². The molecule has 1 fully saturated rings. The largest absolute Gasteiger partial charge is 0.462 e. The van der Waals surface area contributed by atoms with Gasteiger partial charge in [0, 0.05) is 5.69 Å². The molecule has 1 aromatic rings. The molecule has 1 N–H and O–H groups in total. The average molecular weight is 367 g/mol. The summed E-state index contributed by atoms with van der Waals surface area (Å²) in [6, 6.07) is 8.49. The van der Waals surface area contributed by atoms with Crippen LogP contribution in [0.2, 0.25) is 0 Å². The van der Waals surface area contributed by atoms with Crippen molar-refractivity contribution in [3.63, 3.8) is 0 Å². The van der Waals surface area contributed by atoms with Crippen molar-refractivity contribution in [1.82, 2.24) is 0 Å². The lowest BCUT2D eigenvalue weighted by Gasteiger charge is -2.12. The van der Waals surface area contributed by atoms with E-state index in [0.717, 1.165) is 0 Å². The van der Waals surface area contributed by atoms with Crippen LogP contribution < -0.4 is 5.32 Å². The molecule has 126 valence electrons. The number of esters is 1. The quantitative estimate of drug-likeness (QED) is 0.373. The molecule has 2 rings (SSSR count). The third kappa shape index (κ3) is 3.72. The molecule has 0 spiro atoms. The molecule has 0 unspecified atom stereocenters. The number of nitrogens with one attached hydrogen (secondary N) is 1. The molecule has 1 atom stereocenters. The molecule has 0 aliphatic heterocycles. The van der Waals surface area contributed by atoms with Crippen molar-refractivity contribution in [2.45, 2.75) is 24.6 Å². The number of halogens is 2. The first-order chi connectivity index (χ1) is 11.2. The van der Waals surface area contributed by atoms with Crippen LogP contribution in [0.4, 0.5) is 5.69 Å². The fraction of sp³-hybridized carbons (Fsp3) is 0.353. The fourth-order valence-electron chi connectivity index (χ4n) is 2.09. The number of carbonyl (C=O) groups excluding carboxylic acids is 2. The van der Waals surface area contributed by atoms with Crippen LogP contribution in [0.5, 0.6) is 0 Å². The molecule has 1 aromatic carbocycles. The maximum Gasteiger partial charge on any atom is 0.348 e. The van der Waals surface area contributed by atoms with Gasteiger partial charge in [0.25, 0.3) is 0 Å². The monoisotopic (exact) mass is 366 g/mol. The predicted molar refractivity (Wildman–Crippen MR) is 92.5 cm³/mol. The van der Waals surface area contributed by atoms with Gasteiger partial charge in [-0.05, 0) is 44.0 Å². The topological polar surface area (TPSA) is 79.2 Å². The number of anilines is 1. The lowest BCUT2D eigenvalue weighted by Crippen LogP contribution is -2.25. The minimum atomic E-state index is -1.03. The van der Waals surface area contributed by atoms with Gasteiger partial charge in [0.15, 0.2) is 0 Å². The number of rotatable bonds is 5. The Morgan fingerprint density at radius 2 is 1.96 bits per heavy atom. The Bertz CT molecular complexity index is 735. The van der Waals surface area contributed by atoms with E-state index in [9.17, 15) is 9.59 Å². The summed E-state index contributed by atoms with van der Waals surface area (Å²) in [6.07, 6.45) is 1.83. The van der Waals surface area contributed by atoms with Crippen molar-refractivity contribution in [2.75, 3.05) is 11.9 Å². The Morgan fingerprint density at radius 1 is 1.38 bits per heavy atom. The molecule has 1 aliphatic rings. The highest BCUT2D eigenvalue weighted by molar-refractivity contribution is 6.53. The number of benzene rings is 1. The summed E-state index contributed by atoms with van der Waals surface area (Å²) < 4.78 is 3.77. The van der Waals surface area contributed by atoms with Crippen molar-refractivity contribution in [3.05, 3.63) is 35.4 Å². The van der Waals surface area contributed by atoms with Gasteiger partial charge >= 0.3 is 5.97 Å². The Balaban J connectivity index is 2.07. The van der Waals surface area contributed by atoms with Crippen LogP contribution >= 0.6 is 23.2 Å². The van der Waals surface area contributed by atoms with E-state index in [-0.39, 0.29) is 18.1 Å². The minimum absolute atomic E-state index is 0.0896. The number of hydrogen-bond donors (Lipinski definition) is 1. The summed E-state index contributed by atoms with van der Waals surface area (Å²) >= 11 is 12.0. The number of hydrogen-bond acceptors (Lipinski definition) is 4. The zero-order valence-electron chi connectivity index (χ0n) is 13.2. The van der Waals surface area contributed by atoms with Gasteiger partial charge in [-0.25, -0.2) is 4.79 Å². The summed E-state index contributed by atoms with van der Waals surface area (Å²) in [4.78, 5) is 23.8. The van der Waals surface area contributed by atoms with Gasteiger partial charge in [-0.2, -0.15) is 5.26 Å². The van der Waals surface area contributed by atoms with E-state index in [2.05, 4.69) is 5.32 Å². The number of amides is 1. The minimum Gasteiger partial charge on any atom is -0.462 e. The second-order valence-electron chi connectivity index (χ2n) is 5.68. The van der Waals surface area contributed by atoms with Crippen LogP contribution in [0.1, 0.15) is 25.8 Å². The normalized spacial score (nSPS) is 21.5.